The van der Waals surface area contributed by atoms with Gasteiger partial charge in [-0.15, -0.1) is 0 Å². The molecule has 2 amide bonds. The van der Waals surface area contributed by atoms with E-state index in [1.165, 1.54) is 30.5 Å². The van der Waals surface area contributed by atoms with E-state index >= 15 is 0 Å². The van der Waals surface area contributed by atoms with Crippen LogP contribution in [0.3, 0.4) is 0 Å². The van der Waals surface area contributed by atoms with Crippen molar-refractivity contribution in [3.63, 3.8) is 0 Å². The quantitative estimate of drug-likeness (QED) is 0.429. The number of nitrogens with one attached hydrogen (secondary N) is 2. The number of rotatable bonds is 7. The number of hydrazone groups is 1. The molecule has 2 N–H and O–H groups in total. The van der Waals surface area contributed by atoms with E-state index in [1.54, 1.807) is 18.2 Å². The van der Waals surface area contributed by atoms with E-state index in [0.717, 1.165) is 5.56 Å². The van der Waals surface area contributed by atoms with Crippen molar-refractivity contribution in [2.45, 2.75) is 19.8 Å². The molecule has 0 spiro atoms. The molecule has 0 aromatic heterocycles. The molecule has 0 aliphatic carbocycles. The Morgan fingerprint density at radius 3 is 2.44 bits per heavy atom. The number of anilines is 1. The first-order valence-electron chi connectivity index (χ1n) is 7.97. The lowest BCUT2D eigenvalue weighted by molar-refractivity contribution is -0.384. The van der Waals surface area contributed by atoms with Crippen molar-refractivity contribution in [3.05, 3.63) is 68.7 Å². The number of nitro groups is 1. The molecule has 0 atom stereocenters. The Morgan fingerprint density at radius 2 is 1.81 bits per heavy atom. The molecule has 0 aliphatic rings. The summed E-state index contributed by atoms with van der Waals surface area (Å²) in [7, 11) is 0. The second-order valence-electron chi connectivity index (χ2n) is 5.65. The van der Waals surface area contributed by atoms with E-state index in [1.807, 2.05) is 6.92 Å². The van der Waals surface area contributed by atoms with Gasteiger partial charge < -0.3 is 5.32 Å². The van der Waals surface area contributed by atoms with E-state index < -0.39 is 10.8 Å². The number of halogens is 1. The second kappa shape index (κ2) is 9.44. The van der Waals surface area contributed by atoms with Crippen LogP contribution in [0.1, 0.15) is 24.0 Å². The molecular formula is C18H17ClN4O4. The minimum Gasteiger partial charge on any atom is -0.326 e. The Kier molecular flexibility index (Phi) is 7.01. The van der Waals surface area contributed by atoms with Crippen LogP contribution in [-0.4, -0.2) is 23.0 Å². The van der Waals surface area contributed by atoms with Crippen molar-refractivity contribution in [3.8, 4) is 0 Å². The Hall–Kier alpha value is -3.26. The molecule has 0 saturated carbocycles. The molecule has 140 valence electrons. The molecule has 0 radical (unpaired) electrons. The number of hydrogen-bond donors (Lipinski definition) is 2. The number of hydrogen-bond acceptors (Lipinski definition) is 5. The summed E-state index contributed by atoms with van der Waals surface area (Å²) in [5, 5.41) is 17.5. The zero-order valence-electron chi connectivity index (χ0n) is 14.4. The largest absolute Gasteiger partial charge is 0.326 e. The number of nitrogens with zero attached hydrogens (tertiary/aromatic N) is 2. The summed E-state index contributed by atoms with van der Waals surface area (Å²) in [4.78, 5) is 33.6. The fourth-order valence-electron chi connectivity index (χ4n) is 2.04. The number of carbonyl (C=O) groups excluding carboxylic acids is 2. The zero-order valence-corrected chi connectivity index (χ0v) is 15.2. The lowest BCUT2D eigenvalue weighted by Gasteiger charge is -2.06. The van der Waals surface area contributed by atoms with Crippen LogP contribution in [0.15, 0.2) is 47.6 Å². The van der Waals surface area contributed by atoms with Crippen LogP contribution in [0.2, 0.25) is 5.02 Å². The van der Waals surface area contributed by atoms with Gasteiger partial charge in [0.2, 0.25) is 11.8 Å². The fourth-order valence-corrected chi connectivity index (χ4v) is 2.22. The highest BCUT2D eigenvalue weighted by Gasteiger charge is 2.08. The van der Waals surface area contributed by atoms with Gasteiger partial charge in [0.1, 0.15) is 0 Å². The van der Waals surface area contributed by atoms with Gasteiger partial charge in [-0.2, -0.15) is 5.10 Å². The summed E-state index contributed by atoms with van der Waals surface area (Å²) in [5.41, 5.74) is 4.33. The first-order chi connectivity index (χ1) is 12.8. The Labute approximate surface area is 160 Å². The van der Waals surface area contributed by atoms with Crippen LogP contribution >= 0.6 is 11.6 Å². The molecule has 2 rings (SSSR count). The first kappa shape index (κ1) is 20.1. The predicted octanol–water partition coefficient (Wildman–Crippen LogP) is 3.43. The maximum absolute atomic E-state index is 11.9. The van der Waals surface area contributed by atoms with Crippen molar-refractivity contribution < 1.29 is 14.5 Å². The van der Waals surface area contributed by atoms with E-state index in [0.29, 0.717) is 16.3 Å². The lowest BCUT2D eigenvalue weighted by Crippen LogP contribution is -2.20. The van der Waals surface area contributed by atoms with Crippen LogP contribution in [0.5, 0.6) is 0 Å². The van der Waals surface area contributed by atoms with E-state index in [4.69, 9.17) is 11.6 Å². The summed E-state index contributed by atoms with van der Waals surface area (Å²) >= 11 is 5.99. The Morgan fingerprint density at radius 1 is 1.15 bits per heavy atom. The predicted molar refractivity (Wildman–Crippen MR) is 103 cm³/mol. The number of amides is 2. The molecule has 0 heterocycles. The van der Waals surface area contributed by atoms with Gasteiger partial charge in [0.05, 0.1) is 11.1 Å². The minimum absolute atomic E-state index is 0.00954. The summed E-state index contributed by atoms with van der Waals surface area (Å²) < 4.78 is 0. The third-order valence-electron chi connectivity index (χ3n) is 3.54. The number of non-ortho nitro benzene ring substituents is 1. The second-order valence-corrected chi connectivity index (χ2v) is 6.06. The highest BCUT2D eigenvalue weighted by atomic mass is 35.5. The topological polar surface area (TPSA) is 114 Å². The van der Waals surface area contributed by atoms with Crippen LogP contribution in [-0.2, 0) is 9.59 Å². The van der Waals surface area contributed by atoms with Gasteiger partial charge in [-0.05, 0) is 42.3 Å². The van der Waals surface area contributed by atoms with Gasteiger partial charge in [0.15, 0.2) is 0 Å². The zero-order chi connectivity index (χ0) is 19.8. The number of benzene rings is 2. The molecule has 0 unspecified atom stereocenters. The standard InChI is InChI=1S/C18H17ClN4O4/c1-12-2-5-14(10-16(12)19)21-17(24)8-9-18(25)22-20-11-13-3-6-15(7-4-13)23(26)27/h2-7,10-11H,8-9H2,1H3,(H,21,24)(H,22,25). The molecule has 0 fully saturated rings. The average Bonchev–Trinajstić information content (AvgIpc) is 2.63. The van der Waals surface area contributed by atoms with E-state index in [2.05, 4.69) is 15.8 Å². The SMILES string of the molecule is Cc1ccc(NC(=O)CCC(=O)NN=Cc2ccc([N+](=O)[O-])cc2)cc1Cl. The molecule has 2 aromatic carbocycles. The molecule has 8 nitrogen and oxygen atoms in total. The normalized spacial score (nSPS) is 10.6. The third-order valence-corrected chi connectivity index (χ3v) is 3.95. The van der Waals surface area contributed by atoms with Crippen LogP contribution < -0.4 is 10.7 Å². The van der Waals surface area contributed by atoms with Crippen LogP contribution in [0, 0.1) is 17.0 Å². The maximum Gasteiger partial charge on any atom is 0.269 e. The molecule has 9 heteroatoms. The van der Waals surface area contributed by atoms with Crippen LogP contribution in [0.4, 0.5) is 11.4 Å². The number of carbonyl (C=O) groups is 2. The highest BCUT2D eigenvalue weighted by Crippen LogP contribution is 2.20. The summed E-state index contributed by atoms with van der Waals surface area (Å²) in [6.07, 6.45) is 1.31. The van der Waals surface area contributed by atoms with Gasteiger partial charge in [-0.3, -0.25) is 19.7 Å². The van der Waals surface area contributed by atoms with E-state index in [-0.39, 0.29) is 24.4 Å². The molecule has 0 aliphatic heterocycles. The molecular weight excluding hydrogens is 372 g/mol. The fraction of sp³-hybridized carbons (Fsp3) is 0.167. The average molecular weight is 389 g/mol. The third kappa shape index (κ3) is 6.52. The van der Waals surface area contributed by atoms with E-state index in [9.17, 15) is 19.7 Å². The van der Waals surface area contributed by atoms with Crippen molar-refractivity contribution in [2.24, 2.45) is 5.10 Å². The van der Waals surface area contributed by atoms with Gasteiger partial charge in [0.25, 0.3) is 5.69 Å². The van der Waals surface area contributed by atoms with Gasteiger partial charge >= 0.3 is 0 Å². The summed E-state index contributed by atoms with van der Waals surface area (Å²) in [6, 6.07) is 10.9. The summed E-state index contributed by atoms with van der Waals surface area (Å²) in [6.45, 7) is 1.86. The molecule has 0 saturated heterocycles. The Bertz CT molecular complexity index is 881. The lowest BCUT2D eigenvalue weighted by atomic mass is 10.2. The summed E-state index contributed by atoms with van der Waals surface area (Å²) in [5.74, 6) is -0.741. The van der Waals surface area contributed by atoms with Crippen LogP contribution in [0.25, 0.3) is 0 Å². The molecule has 27 heavy (non-hydrogen) atoms. The van der Waals surface area contributed by atoms with Gasteiger partial charge in [0, 0.05) is 35.7 Å². The minimum atomic E-state index is -0.502. The molecule has 2 aromatic rings. The Balaban J connectivity index is 1.75. The monoisotopic (exact) mass is 388 g/mol. The first-order valence-corrected chi connectivity index (χ1v) is 8.35. The number of aryl methyl sites for hydroxylation is 1. The maximum atomic E-state index is 11.9. The smallest absolute Gasteiger partial charge is 0.269 e. The van der Waals surface area contributed by atoms with Crippen molar-refractivity contribution in [1.29, 1.82) is 0 Å². The van der Waals surface area contributed by atoms with Gasteiger partial charge in [-0.1, -0.05) is 17.7 Å². The highest BCUT2D eigenvalue weighted by molar-refractivity contribution is 6.31. The number of nitro benzene ring substituents is 1. The van der Waals surface area contributed by atoms with Crippen molar-refractivity contribution >= 4 is 41.0 Å². The van der Waals surface area contributed by atoms with Gasteiger partial charge in [-0.25, -0.2) is 5.43 Å². The van der Waals surface area contributed by atoms with Crippen molar-refractivity contribution in [2.75, 3.05) is 5.32 Å². The molecule has 0 bridgehead atoms. The van der Waals surface area contributed by atoms with Crippen molar-refractivity contribution in [1.82, 2.24) is 5.43 Å².